The standard InChI is InChI=1S/C22H32O7/c1-24-14-27-19-8-4-6-17(12-19)10-11-18-7-5-9-20(23)22(29-16-26-3)21(13-18)28-15-25-2/h4-6,8-9,12,18,21-22H,7,10-11,13-16H2,1-3H3. The molecular weight excluding hydrogens is 376 g/mol. The molecule has 2 rings (SSSR count). The molecule has 3 unspecified atom stereocenters. The number of carbonyl (C=O) groups is 1. The molecule has 0 radical (unpaired) electrons. The minimum Gasteiger partial charge on any atom is -0.468 e. The summed E-state index contributed by atoms with van der Waals surface area (Å²) >= 11 is 0. The van der Waals surface area contributed by atoms with Gasteiger partial charge in [0.05, 0.1) is 6.10 Å². The lowest BCUT2D eigenvalue weighted by atomic mass is 9.86. The summed E-state index contributed by atoms with van der Waals surface area (Å²) in [4.78, 5) is 12.4. The van der Waals surface area contributed by atoms with Crippen molar-refractivity contribution in [3.05, 3.63) is 42.0 Å². The number of ether oxygens (including phenoxy) is 6. The molecule has 29 heavy (non-hydrogen) atoms. The average molecular weight is 408 g/mol. The first-order chi connectivity index (χ1) is 14.2. The van der Waals surface area contributed by atoms with Crippen LogP contribution in [0.3, 0.4) is 0 Å². The van der Waals surface area contributed by atoms with Gasteiger partial charge in [0.1, 0.15) is 25.4 Å². The van der Waals surface area contributed by atoms with Crippen molar-refractivity contribution in [3.63, 3.8) is 0 Å². The highest BCUT2D eigenvalue weighted by Crippen LogP contribution is 2.26. The second-order valence-electron chi connectivity index (χ2n) is 6.98. The zero-order chi connectivity index (χ0) is 20.9. The van der Waals surface area contributed by atoms with Crippen LogP contribution in [0.5, 0.6) is 5.75 Å². The van der Waals surface area contributed by atoms with Crippen molar-refractivity contribution in [1.82, 2.24) is 0 Å². The Morgan fingerprint density at radius 1 is 1.00 bits per heavy atom. The van der Waals surface area contributed by atoms with E-state index in [9.17, 15) is 4.79 Å². The van der Waals surface area contributed by atoms with Crippen LogP contribution >= 0.6 is 0 Å². The molecule has 7 heteroatoms. The van der Waals surface area contributed by atoms with Gasteiger partial charge < -0.3 is 28.4 Å². The lowest BCUT2D eigenvalue weighted by molar-refractivity contribution is -0.171. The number of aryl methyl sites for hydroxylation is 1. The minimum atomic E-state index is -0.699. The summed E-state index contributed by atoms with van der Waals surface area (Å²) in [6.07, 6.45) is 5.81. The van der Waals surface area contributed by atoms with Crippen LogP contribution in [0.1, 0.15) is 24.8 Å². The monoisotopic (exact) mass is 408 g/mol. The first-order valence-corrected chi connectivity index (χ1v) is 9.80. The van der Waals surface area contributed by atoms with Crippen molar-refractivity contribution in [2.45, 2.75) is 37.9 Å². The molecule has 0 heterocycles. The molecule has 0 fully saturated rings. The Morgan fingerprint density at radius 3 is 2.52 bits per heavy atom. The molecule has 0 N–H and O–H groups in total. The van der Waals surface area contributed by atoms with E-state index in [-0.39, 0.29) is 32.3 Å². The summed E-state index contributed by atoms with van der Waals surface area (Å²) < 4.78 is 31.9. The van der Waals surface area contributed by atoms with Gasteiger partial charge in [0, 0.05) is 21.3 Å². The minimum absolute atomic E-state index is 0.0377. The Hall–Kier alpha value is -1.77. The van der Waals surface area contributed by atoms with Gasteiger partial charge >= 0.3 is 0 Å². The average Bonchev–Trinajstić information content (AvgIpc) is 2.73. The molecule has 1 aliphatic carbocycles. The van der Waals surface area contributed by atoms with Crippen LogP contribution in [0.2, 0.25) is 0 Å². The van der Waals surface area contributed by atoms with Gasteiger partial charge in [0.2, 0.25) is 0 Å². The first kappa shape index (κ1) is 23.5. The Labute approximate surface area is 172 Å². The smallest absolute Gasteiger partial charge is 0.188 e. The number of allylic oxidation sites excluding steroid dienone is 1. The second kappa shape index (κ2) is 13.5. The summed E-state index contributed by atoms with van der Waals surface area (Å²) in [5.41, 5.74) is 1.20. The van der Waals surface area contributed by atoms with Crippen molar-refractivity contribution >= 4 is 5.78 Å². The van der Waals surface area contributed by atoms with E-state index in [0.29, 0.717) is 12.3 Å². The van der Waals surface area contributed by atoms with Crippen molar-refractivity contribution < 1.29 is 33.2 Å². The molecule has 0 spiro atoms. The van der Waals surface area contributed by atoms with Gasteiger partial charge in [-0.3, -0.25) is 4.79 Å². The van der Waals surface area contributed by atoms with E-state index < -0.39 is 6.10 Å². The zero-order valence-corrected chi connectivity index (χ0v) is 17.5. The summed E-state index contributed by atoms with van der Waals surface area (Å²) in [5.74, 6) is 1.03. The molecule has 1 aromatic rings. The summed E-state index contributed by atoms with van der Waals surface area (Å²) in [5, 5.41) is 0. The fourth-order valence-electron chi connectivity index (χ4n) is 3.37. The first-order valence-electron chi connectivity index (χ1n) is 9.80. The Bertz CT molecular complexity index is 631. The van der Waals surface area contributed by atoms with Crippen LogP contribution in [-0.4, -0.2) is 59.7 Å². The van der Waals surface area contributed by atoms with Crippen molar-refractivity contribution in [3.8, 4) is 5.75 Å². The highest BCUT2D eigenvalue weighted by atomic mass is 16.7. The molecule has 0 saturated heterocycles. The number of methoxy groups -OCH3 is 3. The Kier molecular flexibility index (Phi) is 10.9. The summed E-state index contributed by atoms with van der Waals surface area (Å²) in [7, 11) is 4.69. The van der Waals surface area contributed by atoms with E-state index in [0.717, 1.165) is 25.0 Å². The van der Waals surface area contributed by atoms with Gasteiger partial charge in [-0.2, -0.15) is 0 Å². The predicted octanol–water partition coefficient (Wildman–Crippen LogP) is 3.12. The highest BCUT2D eigenvalue weighted by Gasteiger charge is 2.32. The van der Waals surface area contributed by atoms with E-state index in [2.05, 4.69) is 6.07 Å². The maximum atomic E-state index is 12.4. The molecule has 0 saturated carbocycles. The third-order valence-electron chi connectivity index (χ3n) is 4.78. The van der Waals surface area contributed by atoms with Crippen LogP contribution in [0.4, 0.5) is 0 Å². The lowest BCUT2D eigenvalue weighted by Crippen LogP contribution is -2.40. The Balaban J connectivity index is 2.02. The molecule has 7 nitrogen and oxygen atoms in total. The second-order valence-corrected chi connectivity index (χ2v) is 6.98. The third-order valence-corrected chi connectivity index (χ3v) is 4.78. The number of hydrogen-bond donors (Lipinski definition) is 0. The number of hydrogen-bond acceptors (Lipinski definition) is 7. The molecule has 3 atom stereocenters. The SMILES string of the molecule is COCOc1cccc(CCC2CC=CC(=O)C(OCOC)C(OCOC)C2)c1. The summed E-state index contributed by atoms with van der Waals surface area (Å²) in [6.45, 7) is 0.377. The fourth-order valence-corrected chi connectivity index (χ4v) is 3.37. The molecule has 0 bridgehead atoms. The maximum Gasteiger partial charge on any atom is 0.188 e. The van der Waals surface area contributed by atoms with Crippen LogP contribution in [0.25, 0.3) is 0 Å². The fraction of sp³-hybridized carbons (Fsp3) is 0.591. The van der Waals surface area contributed by atoms with E-state index in [1.54, 1.807) is 20.3 Å². The number of benzene rings is 1. The molecule has 1 aliphatic rings. The molecular formula is C22H32O7. The van der Waals surface area contributed by atoms with E-state index in [4.69, 9.17) is 28.4 Å². The lowest BCUT2D eigenvalue weighted by Gasteiger charge is -2.30. The van der Waals surface area contributed by atoms with Crippen LogP contribution < -0.4 is 4.74 Å². The third kappa shape index (κ3) is 8.24. The molecule has 1 aromatic carbocycles. The van der Waals surface area contributed by atoms with Gasteiger partial charge in [-0.1, -0.05) is 18.2 Å². The van der Waals surface area contributed by atoms with Gasteiger partial charge in [0.15, 0.2) is 12.6 Å². The molecule has 0 amide bonds. The largest absolute Gasteiger partial charge is 0.468 e. The highest BCUT2D eigenvalue weighted by molar-refractivity contribution is 5.94. The predicted molar refractivity (Wildman–Crippen MR) is 108 cm³/mol. The van der Waals surface area contributed by atoms with Crippen molar-refractivity contribution in [2.24, 2.45) is 5.92 Å². The van der Waals surface area contributed by atoms with E-state index in [1.165, 1.54) is 12.7 Å². The normalized spacial score (nSPS) is 22.3. The van der Waals surface area contributed by atoms with Gasteiger partial charge in [-0.15, -0.1) is 0 Å². The molecule has 0 aromatic heterocycles. The number of ketones is 1. The van der Waals surface area contributed by atoms with Gasteiger partial charge in [-0.25, -0.2) is 0 Å². The van der Waals surface area contributed by atoms with Crippen molar-refractivity contribution in [1.29, 1.82) is 0 Å². The van der Waals surface area contributed by atoms with Gasteiger partial charge in [-0.05, 0) is 55.4 Å². The Morgan fingerprint density at radius 2 is 1.76 bits per heavy atom. The quantitative estimate of drug-likeness (QED) is 0.492. The van der Waals surface area contributed by atoms with E-state index in [1.807, 2.05) is 24.3 Å². The maximum absolute atomic E-state index is 12.4. The molecule has 0 aliphatic heterocycles. The summed E-state index contributed by atoms with van der Waals surface area (Å²) in [6, 6.07) is 8.02. The zero-order valence-electron chi connectivity index (χ0n) is 17.5. The van der Waals surface area contributed by atoms with Crippen LogP contribution in [0.15, 0.2) is 36.4 Å². The van der Waals surface area contributed by atoms with Crippen LogP contribution in [0, 0.1) is 5.92 Å². The van der Waals surface area contributed by atoms with Crippen LogP contribution in [-0.2, 0) is 34.9 Å². The topological polar surface area (TPSA) is 72.5 Å². The van der Waals surface area contributed by atoms with Crippen molar-refractivity contribution in [2.75, 3.05) is 41.7 Å². The van der Waals surface area contributed by atoms with Gasteiger partial charge in [0.25, 0.3) is 0 Å². The number of carbonyl (C=O) groups excluding carboxylic acids is 1. The number of rotatable bonds is 12. The molecule has 162 valence electrons. The van der Waals surface area contributed by atoms with E-state index >= 15 is 0 Å².